The van der Waals surface area contributed by atoms with Gasteiger partial charge in [0.25, 0.3) is 0 Å². The van der Waals surface area contributed by atoms with E-state index in [2.05, 4.69) is 12.2 Å². The summed E-state index contributed by atoms with van der Waals surface area (Å²) in [5.41, 5.74) is 5.74. The Morgan fingerprint density at radius 2 is 2.30 bits per heavy atom. The van der Waals surface area contributed by atoms with Gasteiger partial charge in [-0.15, -0.1) is 0 Å². The van der Waals surface area contributed by atoms with Crippen molar-refractivity contribution in [3.63, 3.8) is 0 Å². The van der Waals surface area contributed by atoms with Crippen molar-refractivity contribution in [1.82, 2.24) is 5.32 Å². The van der Waals surface area contributed by atoms with Gasteiger partial charge in [0.15, 0.2) is 0 Å². The Kier molecular flexibility index (Phi) is 4.37. The van der Waals surface area contributed by atoms with Crippen LogP contribution in [-0.4, -0.2) is 12.5 Å². The van der Waals surface area contributed by atoms with Gasteiger partial charge in [-0.05, 0) is 13.3 Å². The number of nitrogens with two attached hydrogens (primary N) is 1. The third kappa shape index (κ3) is 5.15. The highest BCUT2D eigenvalue weighted by Gasteiger charge is 1.88. The van der Waals surface area contributed by atoms with Crippen LogP contribution in [0.1, 0.15) is 20.3 Å². The van der Waals surface area contributed by atoms with Gasteiger partial charge in [-0.2, -0.15) is 0 Å². The third-order valence-electron chi connectivity index (χ3n) is 1.01. The van der Waals surface area contributed by atoms with E-state index in [1.807, 2.05) is 6.92 Å². The number of allylic oxidation sites excluding steroid dienone is 1. The zero-order chi connectivity index (χ0) is 7.98. The summed E-state index contributed by atoms with van der Waals surface area (Å²) in [6.45, 7) is 4.76. The molecular formula is C7H14N2O. The predicted octanol–water partition coefficient (Wildman–Crippen LogP) is 0.375. The molecule has 0 aliphatic rings. The molecule has 0 aromatic heterocycles. The Morgan fingerprint density at radius 1 is 1.70 bits per heavy atom. The summed E-state index contributed by atoms with van der Waals surface area (Å²) >= 11 is 0. The molecule has 1 amide bonds. The smallest absolute Gasteiger partial charge is 0.243 e. The van der Waals surface area contributed by atoms with Gasteiger partial charge in [0.2, 0.25) is 5.91 Å². The molecule has 0 unspecified atom stereocenters. The minimum atomic E-state index is -0.402. The number of rotatable bonds is 4. The van der Waals surface area contributed by atoms with Gasteiger partial charge in [-0.1, -0.05) is 6.92 Å². The van der Waals surface area contributed by atoms with Crippen molar-refractivity contribution < 1.29 is 4.79 Å². The molecular weight excluding hydrogens is 128 g/mol. The maximum Gasteiger partial charge on any atom is 0.243 e. The third-order valence-corrected chi connectivity index (χ3v) is 1.01. The van der Waals surface area contributed by atoms with Gasteiger partial charge in [-0.3, -0.25) is 4.79 Å². The predicted molar refractivity (Wildman–Crippen MR) is 41.2 cm³/mol. The molecule has 0 saturated heterocycles. The molecule has 0 aromatic carbocycles. The van der Waals surface area contributed by atoms with Crippen molar-refractivity contribution in [2.45, 2.75) is 20.3 Å². The van der Waals surface area contributed by atoms with Crippen LogP contribution in [0.2, 0.25) is 0 Å². The van der Waals surface area contributed by atoms with E-state index in [0.717, 1.165) is 18.7 Å². The molecule has 10 heavy (non-hydrogen) atoms. The van der Waals surface area contributed by atoms with Crippen LogP contribution in [0.25, 0.3) is 0 Å². The fourth-order valence-corrected chi connectivity index (χ4v) is 0.587. The van der Waals surface area contributed by atoms with Crippen LogP contribution in [0, 0.1) is 0 Å². The zero-order valence-electron chi connectivity index (χ0n) is 6.48. The summed E-state index contributed by atoms with van der Waals surface area (Å²) in [5, 5.41) is 3.02. The van der Waals surface area contributed by atoms with E-state index in [1.165, 1.54) is 6.08 Å². The van der Waals surface area contributed by atoms with E-state index in [9.17, 15) is 4.79 Å². The minimum Gasteiger partial charge on any atom is -0.388 e. The normalized spacial score (nSPS) is 11.2. The first-order chi connectivity index (χ1) is 4.66. The molecule has 0 aliphatic heterocycles. The first-order valence-corrected chi connectivity index (χ1v) is 3.38. The summed E-state index contributed by atoms with van der Waals surface area (Å²) in [5.74, 6) is -0.402. The summed E-state index contributed by atoms with van der Waals surface area (Å²) in [7, 11) is 0. The van der Waals surface area contributed by atoms with Crippen LogP contribution < -0.4 is 11.1 Å². The van der Waals surface area contributed by atoms with E-state index in [1.54, 1.807) is 0 Å². The summed E-state index contributed by atoms with van der Waals surface area (Å²) < 4.78 is 0. The molecule has 0 atom stereocenters. The standard InChI is InChI=1S/C7H14N2O/c1-3-4-9-6(2)5-7(8)10/h5,9H,3-4H2,1-2H3,(H2,8,10)/b6-5+. The highest BCUT2D eigenvalue weighted by Crippen LogP contribution is 1.84. The second-order valence-corrected chi connectivity index (χ2v) is 2.16. The number of amides is 1. The lowest BCUT2D eigenvalue weighted by Crippen LogP contribution is -2.15. The Bertz CT molecular complexity index is 141. The molecule has 0 spiro atoms. The van der Waals surface area contributed by atoms with Crippen molar-refractivity contribution in [3.05, 3.63) is 11.8 Å². The van der Waals surface area contributed by atoms with Gasteiger partial charge < -0.3 is 11.1 Å². The molecule has 0 radical (unpaired) electrons. The second-order valence-electron chi connectivity index (χ2n) is 2.16. The van der Waals surface area contributed by atoms with Crippen LogP contribution in [0.5, 0.6) is 0 Å². The Morgan fingerprint density at radius 3 is 2.70 bits per heavy atom. The molecule has 0 aliphatic carbocycles. The van der Waals surface area contributed by atoms with Crippen LogP contribution in [0.3, 0.4) is 0 Å². The van der Waals surface area contributed by atoms with Crippen molar-refractivity contribution >= 4 is 5.91 Å². The van der Waals surface area contributed by atoms with Crippen molar-refractivity contribution in [2.75, 3.05) is 6.54 Å². The number of hydrogen-bond acceptors (Lipinski definition) is 2. The molecule has 0 heterocycles. The lowest BCUT2D eigenvalue weighted by Gasteiger charge is -2.01. The van der Waals surface area contributed by atoms with Gasteiger partial charge in [0, 0.05) is 18.3 Å². The molecule has 3 nitrogen and oxygen atoms in total. The Labute approximate surface area is 61.3 Å². The second kappa shape index (κ2) is 4.85. The van der Waals surface area contributed by atoms with Crippen LogP contribution in [0.15, 0.2) is 11.8 Å². The average Bonchev–Trinajstić information content (AvgIpc) is 1.82. The van der Waals surface area contributed by atoms with Crippen LogP contribution >= 0.6 is 0 Å². The first-order valence-electron chi connectivity index (χ1n) is 3.38. The summed E-state index contributed by atoms with van der Waals surface area (Å²) in [6, 6.07) is 0. The zero-order valence-corrected chi connectivity index (χ0v) is 6.48. The molecule has 0 fully saturated rings. The molecule has 0 aromatic rings. The van der Waals surface area contributed by atoms with Gasteiger partial charge in [0.1, 0.15) is 0 Å². The Hall–Kier alpha value is -0.990. The van der Waals surface area contributed by atoms with Crippen molar-refractivity contribution in [3.8, 4) is 0 Å². The monoisotopic (exact) mass is 142 g/mol. The minimum absolute atomic E-state index is 0.402. The first kappa shape index (κ1) is 9.01. The fraction of sp³-hybridized carbons (Fsp3) is 0.571. The quantitative estimate of drug-likeness (QED) is 0.557. The summed E-state index contributed by atoms with van der Waals surface area (Å²) in [6.07, 6.45) is 2.43. The molecule has 3 heteroatoms. The Balaban J connectivity index is 3.60. The maximum atomic E-state index is 10.3. The van der Waals surface area contributed by atoms with Crippen molar-refractivity contribution in [1.29, 1.82) is 0 Å². The highest BCUT2D eigenvalue weighted by atomic mass is 16.1. The molecule has 0 saturated carbocycles. The molecule has 58 valence electrons. The molecule has 0 rings (SSSR count). The topological polar surface area (TPSA) is 55.1 Å². The molecule has 3 N–H and O–H groups in total. The SMILES string of the molecule is CCCN/C(C)=C/C(N)=O. The highest BCUT2D eigenvalue weighted by molar-refractivity contribution is 5.86. The van der Waals surface area contributed by atoms with Crippen LogP contribution in [0.4, 0.5) is 0 Å². The molecule has 0 bridgehead atoms. The lowest BCUT2D eigenvalue weighted by molar-refractivity contribution is -0.113. The fourth-order valence-electron chi connectivity index (χ4n) is 0.587. The summed E-state index contributed by atoms with van der Waals surface area (Å²) in [4.78, 5) is 10.3. The number of carbonyl (C=O) groups is 1. The van der Waals surface area contributed by atoms with Crippen molar-refractivity contribution in [2.24, 2.45) is 5.73 Å². The lowest BCUT2D eigenvalue weighted by atomic mass is 10.4. The van der Waals surface area contributed by atoms with E-state index in [4.69, 9.17) is 5.73 Å². The van der Waals surface area contributed by atoms with E-state index in [-0.39, 0.29) is 0 Å². The van der Waals surface area contributed by atoms with Crippen LogP contribution in [-0.2, 0) is 4.79 Å². The number of nitrogens with one attached hydrogen (secondary N) is 1. The van der Waals surface area contributed by atoms with Gasteiger partial charge in [0.05, 0.1) is 0 Å². The number of hydrogen-bond donors (Lipinski definition) is 2. The maximum absolute atomic E-state index is 10.3. The number of primary amides is 1. The largest absolute Gasteiger partial charge is 0.388 e. The van der Waals surface area contributed by atoms with E-state index in [0.29, 0.717) is 0 Å². The average molecular weight is 142 g/mol. The van der Waals surface area contributed by atoms with E-state index < -0.39 is 5.91 Å². The van der Waals surface area contributed by atoms with Gasteiger partial charge in [-0.25, -0.2) is 0 Å². The van der Waals surface area contributed by atoms with Gasteiger partial charge >= 0.3 is 0 Å². The van der Waals surface area contributed by atoms with E-state index >= 15 is 0 Å². The number of carbonyl (C=O) groups excluding carboxylic acids is 1.